The molecular formula is C11H22O2. The zero-order chi connectivity index (χ0) is 9.52. The van der Waals surface area contributed by atoms with Gasteiger partial charge in [0.15, 0.2) is 0 Å². The predicted molar refractivity (Wildman–Crippen MR) is 53.7 cm³/mol. The van der Waals surface area contributed by atoms with Gasteiger partial charge in [0, 0.05) is 12.5 Å². The Morgan fingerprint density at radius 2 is 2.00 bits per heavy atom. The van der Waals surface area contributed by atoms with E-state index in [0.717, 1.165) is 32.5 Å². The molecular weight excluding hydrogens is 164 g/mol. The number of aliphatic hydroxyl groups is 1. The van der Waals surface area contributed by atoms with Gasteiger partial charge in [0.2, 0.25) is 0 Å². The van der Waals surface area contributed by atoms with Gasteiger partial charge in [0.25, 0.3) is 0 Å². The Labute approximate surface area is 81.3 Å². The van der Waals surface area contributed by atoms with Crippen LogP contribution >= 0.6 is 0 Å². The molecule has 2 unspecified atom stereocenters. The van der Waals surface area contributed by atoms with Crippen LogP contribution in [-0.2, 0) is 4.74 Å². The number of aliphatic hydroxyl groups excluding tert-OH is 1. The van der Waals surface area contributed by atoms with E-state index in [1.54, 1.807) is 0 Å². The predicted octanol–water partition coefficient (Wildman–Crippen LogP) is 2.35. The summed E-state index contributed by atoms with van der Waals surface area (Å²) in [5, 5.41) is 9.77. The Morgan fingerprint density at radius 3 is 2.77 bits per heavy atom. The Hall–Kier alpha value is -0.0800. The molecule has 1 saturated carbocycles. The Kier molecular flexibility index (Phi) is 5.40. The van der Waals surface area contributed by atoms with E-state index in [1.165, 1.54) is 19.3 Å². The van der Waals surface area contributed by atoms with Crippen LogP contribution in [0.25, 0.3) is 0 Å². The van der Waals surface area contributed by atoms with E-state index in [0.29, 0.717) is 5.92 Å². The van der Waals surface area contributed by atoms with E-state index in [1.807, 2.05) is 0 Å². The van der Waals surface area contributed by atoms with E-state index in [9.17, 15) is 5.11 Å². The maximum Gasteiger partial charge on any atom is 0.0590 e. The molecule has 1 rings (SSSR count). The van der Waals surface area contributed by atoms with Crippen LogP contribution in [0.3, 0.4) is 0 Å². The fraction of sp³-hybridized carbons (Fsp3) is 1.00. The molecule has 0 spiro atoms. The van der Waals surface area contributed by atoms with Crippen molar-refractivity contribution in [1.82, 2.24) is 0 Å². The van der Waals surface area contributed by atoms with Crippen molar-refractivity contribution in [3.05, 3.63) is 0 Å². The molecule has 0 aliphatic heterocycles. The second kappa shape index (κ2) is 6.39. The standard InChI is InChI=1S/C11H22O2/c1-2-8-13-9-10-6-4-3-5-7-11(10)12/h10-12H,2-9H2,1H3. The molecule has 13 heavy (non-hydrogen) atoms. The van der Waals surface area contributed by atoms with Crippen LogP contribution in [0.5, 0.6) is 0 Å². The van der Waals surface area contributed by atoms with Crippen molar-refractivity contribution in [3.63, 3.8) is 0 Å². The van der Waals surface area contributed by atoms with Gasteiger partial charge in [-0.05, 0) is 19.3 Å². The lowest BCUT2D eigenvalue weighted by molar-refractivity contribution is 0.0246. The topological polar surface area (TPSA) is 29.5 Å². The second-order valence-electron chi connectivity index (χ2n) is 4.04. The number of rotatable bonds is 4. The molecule has 78 valence electrons. The average Bonchev–Trinajstić information content (AvgIpc) is 2.32. The van der Waals surface area contributed by atoms with E-state index < -0.39 is 0 Å². The van der Waals surface area contributed by atoms with Gasteiger partial charge < -0.3 is 9.84 Å². The first kappa shape index (κ1) is 11.0. The van der Waals surface area contributed by atoms with Crippen molar-refractivity contribution in [2.45, 2.75) is 51.6 Å². The number of hydrogen-bond acceptors (Lipinski definition) is 2. The molecule has 0 aromatic heterocycles. The molecule has 0 radical (unpaired) electrons. The summed E-state index contributed by atoms with van der Waals surface area (Å²) in [5.74, 6) is 0.397. The third-order valence-electron chi connectivity index (χ3n) is 2.80. The maximum absolute atomic E-state index is 9.77. The van der Waals surface area contributed by atoms with E-state index in [-0.39, 0.29) is 6.10 Å². The lowest BCUT2D eigenvalue weighted by Crippen LogP contribution is -2.23. The van der Waals surface area contributed by atoms with Gasteiger partial charge in [-0.3, -0.25) is 0 Å². The molecule has 1 aliphatic carbocycles. The summed E-state index contributed by atoms with van der Waals surface area (Å²) in [6.07, 6.45) is 6.80. The first-order chi connectivity index (χ1) is 6.34. The quantitative estimate of drug-likeness (QED) is 0.539. The van der Waals surface area contributed by atoms with Gasteiger partial charge in [-0.25, -0.2) is 0 Å². The van der Waals surface area contributed by atoms with Crippen molar-refractivity contribution in [1.29, 1.82) is 0 Å². The molecule has 2 nitrogen and oxygen atoms in total. The van der Waals surface area contributed by atoms with Crippen molar-refractivity contribution < 1.29 is 9.84 Å². The molecule has 2 heteroatoms. The number of hydrogen-bond donors (Lipinski definition) is 1. The first-order valence-electron chi connectivity index (χ1n) is 5.60. The third kappa shape index (κ3) is 4.10. The summed E-state index contributed by atoms with van der Waals surface area (Å²) in [7, 11) is 0. The van der Waals surface area contributed by atoms with Gasteiger partial charge in [-0.2, -0.15) is 0 Å². The number of ether oxygens (including phenoxy) is 1. The maximum atomic E-state index is 9.77. The fourth-order valence-corrected chi connectivity index (χ4v) is 1.94. The second-order valence-corrected chi connectivity index (χ2v) is 4.04. The highest BCUT2D eigenvalue weighted by atomic mass is 16.5. The molecule has 0 aromatic carbocycles. The third-order valence-corrected chi connectivity index (χ3v) is 2.80. The molecule has 0 bridgehead atoms. The molecule has 0 amide bonds. The average molecular weight is 186 g/mol. The minimum atomic E-state index is -0.112. The van der Waals surface area contributed by atoms with Crippen LogP contribution in [-0.4, -0.2) is 24.4 Å². The van der Waals surface area contributed by atoms with Crippen LogP contribution in [0.1, 0.15) is 45.4 Å². The van der Waals surface area contributed by atoms with Crippen molar-refractivity contribution in [2.24, 2.45) is 5.92 Å². The smallest absolute Gasteiger partial charge is 0.0590 e. The minimum absolute atomic E-state index is 0.112. The lowest BCUT2D eigenvalue weighted by Gasteiger charge is -2.19. The van der Waals surface area contributed by atoms with Gasteiger partial charge in [-0.15, -0.1) is 0 Å². The first-order valence-corrected chi connectivity index (χ1v) is 5.60. The summed E-state index contributed by atoms with van der Waals surface area (Å²) in [5.41, 5.74) is 0. The summed E-state index contributed by atoms with van der Waals surface area (Å²) < 4.78 is 5.49. The van der Waals surface area contributed by atoms with Crippen molar-refractivity contribution in [3.8, 4) is 0 Å². The van der Waals surface area contributed by atoms with Gasteiger partial charge in [0.1, 0.15) is 0 Å². The highest BCUT2D eigenvalue weighted by Crippen LogP contribution is 2.23. The molecule has 0 heterocycles. The summed E-state index contributed by atoms with van der Waals surface area (Å²) >= 11 is 0. The normalized spacial score (nSPS) is 30.0. The SMILES string of the molecule is CCCOCC1CCCCCC1O. The largest absolute Gasteiger partial charge is 0.393 e. The minimum Gasteiger partial charge on any atom is -0.393 e. The van der Waals surface area contributed by atoms with E-state index >= 15 is 0 Å². The summed E-state index contributed by atoms with van der Waals surface area (Å²) in [6, 6.07) is 0. The fourth-order valence-electron chi connectivity index (χ4n) is 1.94. The highest BCUT2D eigenvalue weighted by molar-refractivity contribution is 4.72. The van der Waals surface area contributed by atoms with Crippen LogP contribution < -0.4 is 0 Å². The highest BCUT2D eigenvalue weighted by Gasteiger charge is 2.21. The Bertz CT molecular complexity index is 125. The summed E-state index contributed by atoms with van der Waals surface area (Å²) in [6.45, 7) is 3.71. The Balaban J connectivity index is 2.19. The van der Waals surface area contributed by atoms with Crippen LogP contribution in [0.4, 0.5) is 0 Å². The molecule has 0 aromatic rings. The van der Waals surface area contributed by atoms with Crippen LogP contribution in [0.15, 0.2) is 0 Å². The van der Waals surface area contributed by atoms with E-state index in [2.05, 4.69) is 6.92 Å². The van der Waals surface area contributed by atoms with Crippen LogP contribution in [0, 0.1) is 5.92 Å². The van der Waals surface area contributed by atoms with Gasteiger partial charge in [0.05, 0.1) is 12.7 Å². The zero-order valence-corrected chi connectivity index (χ0v) is 8.67. The molecule has 1 fully saturated rings. The van der Waals surface area contributed by atoms with Crippen LogP contribution in [0.2, 0.25) is 0 Å². The van der Waals surface area contributed by atoms with Crippen molar-refractivity contribution >= 4 is 0 Å². The molecule has 1 aliphatic rings. The van der Waals surface area contributed by atoms with Gasteiger partial charge in [-0.1, -0.05) is 26.2 Å². The zero-order valence-electron chi connectivity index (χ0n) is 8.67. The monoisotopic (exact) mass is 186 g/mol. The molecule has 0 saturated heterocycles. The Morgan fingerprint density at radius 1 is 1.23 bits per heavy atom. The van der Waals surface area contributed by atoms with Crippen molar-refractivity contribution in [2.75, 3.05) is 13.2 Å². The van der Waals surface area contributed by atoms with E-state index in [4.69, 9.17) is 4.74 Å². The molecule has 2 atom stereocenters. The lowest BCUT2D eigenvalue weighted by atomic mass is 9.98. The molecule has 1 N–H and O–H groups in total. The summed E-state index contributed by atoms with van der Waals surface area (Å²) in [4.78, 5) is 0. The van der Waals surface area contributed by atoms with Gasteiger partial charge >= 0.3 is 0 Å².